The molecule has 36 heavy (non-hydrogen) atoms. The fraction of sp³-hybridized carbons (Fsp3) is 0.419. The van der Waals surface area contributed by atoms with Gasteiger partial charge in [-0.05, 0) is 55.7 Å². The van der Waals surface area contributed by atoms with Crippen LogP contribution in [0.25, 0.3) is 21.8 Å². The number of fused-ring (bicyclic) bond motifs is 2. The lowest BCUT2D eigenvalue weighted by atomic mass is 10.0. The van der Waals surface area contributed by atoms with Crippen molar-refractivity contribution in [1.82, 2.24) is 14.9 Å². The van der Waals surface area contributed by atoms with Gasteiger partial charge in [-0.3, -0.25) is 4.79 Å². The van der Waals surface area contributed by atoms with Gasteiger partial charge in [0.25, 0.3) is 0 Å². The predicted octanol–water partition coefficient (Wildman–Crippen LogP) is 6.92. The Labute approximate surface area is 214 Å². The number of nitrogens with one attached hydrogen (secondary N) is 1. The summed E-state index contributed by atoms with van der Waals surface area (Å²) < 4.78 is 8.54. The van der Waals surface area contributed by atoms with E-state index in [2.05, 4.69) is 84.4 Å². The summed E-state index contributed by atoms with van der Waals surface area (Å²) in [5.74, 6) is 2.43. The van der Waals surface area contributed by atoms with E-state index in [4.69, 9.17) is 9.72 Å². The predicted molar refractivity (Wildman–Crippen MR) is 148 cm³/mol. The highest BCUT2D eigenvalue weighted by molar-refractivity contribution is 5.88. The molecule has 0 spiro atoms. The molecule has 0 aliphatic rings. The summed E-state index contributed by atoms with van der Waals surface area (Å²) in [5.41, 5.74) is 2.25. The minimum absolute atomic E-state index is 0.148. The number of aryl methyl sites for hydroxylation is 2. The van der Waals surface area contributed by atoms with Gasteiger partial charge in [0.15, 0.2) is 0 Å². The number of carbonyl (C=O) groups is 1. The Kier molecular flexibility index (Phi) is 9.37. The molecular formula is C31H39N3O2. The van der Waals surface area contributed by atoms with Crippen LogP contribution in [0, 0.1) is 5.92 Å². The molecule has 1 amide bonds. The first-order valence-corrected chi connectivity index (χ1v) is 13.5. The zero-order chi connectivity index (χ0) is 25.2. The molecule has 0 unspecified atom stereocenters. The molecule has 4 rings (SSSR count). The zero-order valence-electron chi connectivity index (χ0n) is 21.7. The van der Waals surface area contributed by atoms with Crippen LogP contribution in [0.4, 0.5) is 0 Å². The average Bonchev–Trinajstić information content (AvgIpc) is 3.26. The quantitative estimate of drug-likeness (QED) is 0.197. The van der Waals surface area contributed by atoms with Gasteiger partial charge in [0, 0.05) is 30.8 Å². The van der Waals surface area contributed by atoms with Gasteiger partial charge in [-0.2, -0.15) is 0 Å². The van der Waals surface area contributed by atoms with Crippen molar-refractivity contribution in [2.75, 3.05) is 13.2 Å². The number of aromatic nitrogens is 2. The molecule has 5 heteroatoms. The minimum atomic E-state index is 0.148. The largest absolute Gasteiger partial charge is 0.493 e. The van der Waals surface area contributed by atoms with Crippen LogP contribution >= 0.6 is 0 Å². The van der Waals surface area contributed by atoms with Crippen molar-refractivity contribution in [2.24, 2.45) is 5.92 Å². The summed E-state index contributed by atoms with van der Waals surface area (Å²) in [6, 6.07) is 22.9. The van der Waals surface area contributed by atoms with Crippen molar-refractivity contribution in [3.05, 3.63) is 72.6 Å². The molecule has 0 atom stereocenters. The molecule has 5 nitrogen and oxygen atoms in total. The molecule has 0 aliphatic carbocycles. The van der Waals surface area contributed by atoms with E-state index < -0.39 is 0 Å². The van der Waals surface area contributed by atoms with Crippen molar-refractivity contribution in [1.29, 1.82) is 0 Å². The number of carbonyl (C=O) groups excluding carboxylic acids is 1. The Balaban J connectivity index is 1.29. The number of para-hydroxylation sites is 2. The normalized spacial score (nSPS) is 11.4. The molecule has 1 aromatic heterocycles. The highest BCUT2D eigenvalue weighted by Crippen LogP contribution is 2.25. The van der Waals surface area contributed by atoms with Crippen molar-refractivity contribution in [3.63, 3.8) is 0 Å². The molecule has 0 aliphatic heterocycles. The maximum Gasteiger partial charge on any atom is 0.223 e. The Morgan fingerprint density at radius 1 is 0.917 bits per heavy atom. The second kappa shape index (κ2) is 13.1. The average molecular weight is 486 g/mol. The topological polar surface area (TPSA) is 56.2 Å². The lowest BCUT2D eigenvalue weighted by molar-refractivity contribution is -0.125. The molecule has 0 saturated heterocycles. The summed E-state index contributed by atoms with van der Waals surface area (Å²) in [6.07, 6.45) is 6.83. The first-order valence-electron chi connectivity index (χ1n) is 13.5. The van der Waals surface area contributed by atoms with Crippen LogP contribution in [0.5, 0.6) is 5.75 Å². The number of nitrogens with zero attached hydrogens (tertiary/aromatic N) is 2. The number of rotatable bonds is 14. The molecule has 4 aromatic rings. The Morgan fingerprint density at radius 3 is 2.56 bits per heavy atom. The summed E-state index contributed by atoms with van der Waals surface area (Å²) in [6.45, 7) is 6.46. The molecule has 3 aromatic carbocycles. The van der Waals surface area contributed by atoms with Crippen LogP contribution in [0.1, 0.15) is 58.2 Å². The van der Waals surface area contributed by atoms with Crippen molar-refractivity contribution >= 4 is 27.7 Å². The molecule has 0 saturated carbocycles. The molecule has 0 fully saturated rings. The van der Waals surface area contributed by atoms with Crippen molar-refractivity contribution in [3.8, 4) is 5.75 Å². The second-order valence-electron chi connectivity index (χ2n) is 9.46. The number of benzene rings is 3. The Bertz CT molecular complexity index is 1250. The fourth-order valence-corrected chi connectivity index (χ4v) is 4.89. The maximum absolute atomic E-state index is 12.1. The van der Waals surface area contributed by atoms with Gasteiger partial charge in [-0.15, -0.1) is 0 Å². The van der Waals surface area contributed by atoms with Gasteiger partial charge in [-0.1, -0.05) is 68.8 Å². The van der Waals surface area contributed by atoms with E-state index >= 15 is 0 Å². The van der Waals surface area contributed by atoms with Gasteiger partial charge >= 0.3 is 0 Å². The van der Waals surface area contributed by atoms with Crippen LogP contribution in [-0.4, -0.2) is 28.6 Å². The Morgan fingerprint density at radius 2 is 1.69 bits per heavy atom. The van der Waals surface area contributed by atoms with Gasteiger partial charge in [-0.25, -0.2) is 4.98 Å². The van der Waals surface area contributed by atoms with Crippen molar-refractivity contribution < 1.29 is 9.53 Å². The minimum Gasteiger partial charge on any atom is -0.493 e. The van der Waals surface area contributed by atoms with Crippen LogP contribution in [0.3, 0.4) is 0 Å². The molecule has 1 N–H and O–H groups in total. The van der Waals surface area contributed by atoms with E-state index in [1.165, 1.54) is 10.9 Å². The van der Waals surface area contributed by atoms with Crippen LogP contribution in [0.15, 0.2) is 66.7 Å². The monoisotopic (exact) mass is 485 g/mol. The van der Waals surface area contributed by atoms with Crippen molar-refractivity contribution in [2.45, 2.75) is 65.3 Å². The number of hydrogen-bond donors (Lipinski definition) is 1. The third-order valence-corrected chi connectivity index (χ3v) is 7.00. The first kappa shape index (κ1) is 25.7. The fourth-order valence-electron chi connectivity index (χ4n) is 4.89. The molecule has 1 heterocycles. The van der Waals surface area contributed by atoms with E-state index in [1.807, 2.05) is 6.07 Å². The number of hydrogen-bond acceptors (Lipinski definition) is 3. The number of ether oxygens (including phenoxy) is 1. The van der Waals surface area contributed by atoms with E-state index in [0.29, 0.717) is 6.61 Å². The van der Waals surface area contributed by atoms with E-state index in [9.17, 15) is 4.79 Å². The second-order valence-corrected chi connectivity index (χ2v) is 9.46. The summed E-state index contributed by atoms with van der Waals surface area (Å²) in [7, 11) is 0. The van der Waals surface area contributed by atoms with E-state index in [-0.39, 0.29) is 11.8 Å². The molecule has 0 radical (unpaired) electrons. The highest BCUT2D eigenvalue weighted by Gasteiger charge is 2.13. The van der Waals surface area contributed by atoms with Crippen LogP contribution in [-0.2, 0) is 17.8 Å². The SMILES string of the molecule is CCC(CC)C(=O)NCCCCCc1nc2ccccc2n1CCCOc1cccc2ccccc12. The van der Waals surface area contributed by atoms with Crippen LogP contribution < -0.4 is 10.1 Å². The van der Waals surface area contributed by atoms with E-state index in [0.717, 1.165) is 80.5 Å². The third-order valence-electron chi connectivity index (χ3n) is 7.00. The third kappa shape index (κ3) is 6.45. The van der Waals surface area contributed by atoms with Gasteiger partial charge in [0.05, 0.1) is 17.6 Å². The zero-order valence-corrected chi connectivity index (χ0v) is 21.7. The molecule has 190 valence electrons. The summed E-state index contributed by atoms with van der Waals surface area (Å²) >= 11 is 0. The summed E-state index contributed by atoms with van der Waals surface area (Å²) in [4.78, 5) is 17.1. The first-order chi connectivity index (χ1) is 17.7. The molecular weight excluding hydrogens is 446 g/mol. The lowest BCUT2D eigenvalue weighted by Crippen LogP contribution is -2.30. The number of imidazole rings is 1. The van der Waals surface area contributed by atoms with Gasteiger partial charge in [0.1, 0.15) is 11.6 Å². The van der Waals surface area contributed by atoms with Gasteiger partial charge in [0.2, 0.25) is 5.91 Å². The van der Waals surface area contributed by atoms with Gasteiger partial charge < -0.3 is 14.6 Å². The molecule has 0 bridgehead atoms. The lowest BCUT2D eigenvalue weighted by Gasteiger charge is -2.13. The number of amides is 1. The Hall–Kier alpha value is -3.34. The van der Waals surface area contributed by atoms with E-state index in [1.54, 1.807) is 0 Å². The standard InChI is InChI=1S/C31H39N3O2/c1-3-24(4-2)31(35)32-21-11-5-6-20-30-33-27-17-9-10-18-28(27)34(30)22-13-23-36-29-19-12-15-25-14-7-8-16-26(25)29/h7-10,12,14-19,24H,3-6,11,13,20-23H2,1-2H3,(H,32,35). The van der Waals surface area contributed by atoms with Crippen LogP contribution in [0.2, 0.25) is 0 Å². The smallest absolute Gasteiger partial charge is 0.223 e. The summed E-state index contributed by atoms with van der Waals surface area (Å²) in [5, 5.41) is 5.46. The highest BCUT2D eigenvalue weighted by atomic mass is 16.5. The number of unbranched alkanes of at least 4 members (excludes halogenated alkanes) is 2. The maximum atomic E-state index is 12.1.